The SMILES string of the molecule is Fc1ccc(Br)c(OCc2nc(Cl)c3ccsc3n2)c1. The quantitative estimate of drug-likeness (QED) is 0.617. The Hall–Kier alpha value is -1.24. The van der Waals surface area contributed by atoms with Crippen LogP contribution in [0.1, 0.15) is 5.82 Å². The zero-order valence-corrected chi connectivity index (χ0v) is 13.1. The van der Waals surface area contributed by atoms with Crippen LogP contribution < -0.4 is 4.74 Å². The Morgan fingerprint density at radius 2 is 2.15 bits per heavy atom. The highest BCUT2D eigenvalue weighted by molar-refractivity contribution is 9.10. The van der Waals surface area contributed by atoms with Crippen LogP contribution in [0.5, 0.6) is 5.75 Å². The van der Waals surface area contributed by atoms with Crippen LogP contribution in [-0.2, 0) is 6.61 Å². The molecule has 0 unspecified atom stereocenters. The Morgan fingerprint density at radius 3 is 3.00 bits per heavy atom. The van der Waals surface area contributed by atoms with Gasteiger partial charge in [0.25, 0.3) is 0 Å². The number of rotatable bonds is 3. The zero-order chi connectivity index (χ0) is 14.1. The van der Waals surface area contributed by atoms with Crippen molar-refractivity contribution in [1.29, 1.82) is 0 Å². The molecular weight excluding hydrogens is 367 g/mol. The van der Waals surface area contributed by atoms with Crippen molar-refractivity contribution < 1.29 is 9.13 Å². The van der Waals surface area contributed by atoms with Gasteiger partial charge >= 0.3 is 0 Å². The highest BCUT2D eigenvalue weighted by Gasteiger charge is 2.09. The van der Waals surface area contributed by atoms with Crippen LogP contribution in [-0.4, -0.2) is 9.97 Å². The summed E-state index contributed by atoms with van der Waals surface area (Å²) < 4.78 is 19.3. The second kappa shape index (κ2) is 5.63. The molecule has 1 aromatic carbocycles. The van der Waals surface area contributed by atoms with Gasteiger partial charge in [-0.3, -0.25) is 0 Å². The third kappa shape index (κ3) is 2.77. The molecule has 0 bridgehead atoms. The van der Waals surface area contributed by atoms with Crippen molar-refractivity contribution in [2.24, 2.45) is 0 Å². The van der Waals surface area contributed by atoms with E-state index in [1.165, 1.54) is 23.5 Å². The van der Waals surface area contributed by atoms with Gasteiger partial charge in [0.15, 0.2) is 5.82 Å². The molecule has 0 atom stereocenters. The molecule has 0 radical (unpaired) electrons. The van der Waals surface area contributed by atoms with Crippen LogP contribution in [0, 0.1) is 5.82 Å². The van der Waals surface area contributed by atoms with Crippen LogP contribution >= 0.6 is 38.9 Å². The molecule has 0 N–H and O–H groups in total. The summed E-state index contributed by atoms with van der Waals surface area (Å²) in [4.78, 5) is 9.33. The number of hydrogen-bond acceptors (Lipinski definition) is 4. The highest BCUT2D eigenvalue weighted by Crippen LogP contribution is 2.27. The molecule has 7 heteroatoms. The average Bonchev–Trinajstić information content (AvgIpc) is 2.89. The predicted molar refractivity (Wildman–Crippen MR) is 80.9 cm³/mol. The Kier molecular flexibility index (Phi) is 3.87. The highest BCUT2D eigenvalue weighted by atomic mass is 79.9. The van der Waals surface area contributed by atoms with Crippen molar-refractivity contribution in [2.45, 2.75) is 6.61 Å². The fourth-order valence-electron chi connectivity index (χ4n) is 1.66. The van der Waals surface area contributed by atoms with Crippen molar-refractivity contribution in [1.82, 2.24) is 9.97 Å². The second-order valence-electron chi connectivity index (χ2n) is 3.93. The van der Waals surface area contributed by atoms with E-state index in [2.05, 4.69) is 25.9 Å². The molecule has 0 fully saturated rings. The fourth-order valence-corrected chi connectivity index (χ4v) is 3.11. The molecule has 0 saturated heterocycles. The molecule has 20 heavy (non-hydrogen) atoms. The van der Waals surface area contributed by atoms with Crippen molar-refractivity contribution in [2.75, 3.05) is 0 Å². The lowest BCUT2D eigenvalue weighted by atomic mass is 10.3. The van der Waals surface area contributed by atoms with Gasteiger partial charge in [-0.05, 0) is 39.5 Å². The molecule has 0 aliphatic carbocycles. The van der Waals surface area contributed by atoms with Crippen LogP contribution in [0.15, 0.2) is 34.1 Å². The first-order valence-corrected chi connectivity index (χ1v) is 7.66. The number of halogens is 3. The predicted octanol–water partition coefficient (Wildman–Crippen LogP) is 4.83. The standard InChI is InChI=1S/C13H7BrClFN2OS/c14-9-2-1-7(16)5-10(9)19-6-11-17-12(15)8-3-4-20-13(8)18-11/h1-5H,6H2. The summed E-state index contributed by atoms with van der Waals surface area (Å²) in [6.45, 7) is 0.121. The van der Waals surface area contributed by atoms with Gasteiger partial charge in [0.2, 0.25) is 0 Å². The molecule has 3 nitrogen and oxygen atoms in total. The largest absolute Gasteiger partial charge is 0.484 e. The summed E-state index contributed by atoms with van der Waals surface area (Å²) in [5, 5.41) is 3.12. The van der Waals surface area contributed by atoms with Gasteiger partial charge in [-0.1, -0.05) is 11.6 Å². The summed E-state index contributed by atoms with van der Waals surface area (Å²) >= 11 is 10.9. The Balaban J connectivity index is 1.84. The van der Waals surface area contributed by atoms with E-state index in [-0.39, 0.29) is 12.4 Å². The lowest BCUT2D eigenvalue weighted by Gasteiger charge is -2.07. The molecule has 102 valence electrons. The van der Waals surface area contributed by atoms with Gasteiger partial charge in [-0.2, -0.15) is 0 Å². The molecule has 0 aliphatic heterocycles. The van der Waals surface area contributed by atoms with Gasteiger partial charge in [0, 0.05) is 11.5 Å². The summed E-state index contributed by atoms with van der Waals surface area (Å²) in [7, 11) is 0. The summed E-state index contributed by atoms with van der Waals surface area (Å²) in [5.41, 5.74) is 0. The molecule has 3 aromatic rings. The average molecular weight is 374 g/mol. The number of hydrogen-bond donors (Lipinski definition) is 0. The summed E-state index contributed by atoms with van der Waals surface area (Å²) in [6, 6.07) is 6.11. The summed E-state index contributed by atoms with van der Waals surface area (Å²) in [5.74, 6) is 0.493. The Labute approximate surface area is 131 Å². The molecule has 2 heterocycles. The van der Waals surface area contributed by atoms with E-state index in [0.29, 0.717) is 21.2 Å². The van der Waals surface area contributed by atoms with E-state index in [0.717, 1.165) is 10.2 Å². The monoisotopic (exact) mass is 372 g/mol. The number of ether oxygens (including phenoxy) is 1. The second-order valence-corrected chi connectivity index (χ2v) is 6.04. The van der Waals surface area contributed by atoms with Crippen molar-refractivity contribution >= 4 is 49.1 Å². The van der Waals surface area contributed by atoms with Gasteiger partial charge in [-0.15, -0.1) is 11.3 Å². The van der Waals surface area contributed by atoms with Crippen LogP contribution in [0.3, 0.4) is 0 Å². The van der Waals surface area contributed by atoms with Crippen molar-refractivity contribution in [3.05, 3.63) is 50.9 Å². The van der Waals surface area contributed by atoms with Crippen LogP contribution in [0.4, 0.5) is 4.39 Å². The van der Waals surface area contributed by atoms with Gasteiger partial charge < -0.3 is 4.74 Å². The Morgan fingerprint density at radius 1 is 1.30 bits per heavy atom. The van der Waals surface area contributed by atoms with Crippen molar-refractivity contribution in [3.63, 3.8) is 0 Å². The maximum atomic E-state index is 13.2. The molecule has 2 aromatic heterocycles. The molecule has 0 aliphatic rings. The number of fused-ring (bicyclic) bond motifs is 1. The number of benzene rings is 1. The minimum Gasteiger partial charge on any atom is -0.484 e. The third-order valence-corrected chi connectivity index (χ3v) is 4.32. The van der Waals surface area contributed by atoms with Crippen LogP contribution in [0.25, 0.3) is 10.2 Å². The van der Waals surface area contributed by atoms with E-state index < -0.39 is 0 Å². The van der Waals surface area contributed by atoms with Gasteiger partial charge in [-0.25, -0.2) is 14.4 Å². The van der Waals surface area contributed by atoms with E-state index in [1.54, 1.807) is 6.07 Å². The third-order valence-electron chi connectivity index (χ3n) is 2.57. The Bertz CT molecular complexity index is 780. The smallest absolute Gasteiger partial charge is 0.169 e. The first-order valence-electron chi connectivity index (χ1n) is 5.61. The number of aromatic nitrogens is 2. The van der Waals surface area contributed by atoms with E-state index in [1.807, 2.05) is 11.4 Å². The first-order chi connectivity index (χ1) is 9.63. The van der Waals surface area contributed by atoms with E-state index in [9.17, 15) is 4.39 Å². The van der Waals surface area contributed by atoms with Crippen molar-refractivity contribution in [3.8, 4) is 5.75 Å². The molecule has 0 spiro atoms. The molecular formula is C13H7BrClFN2OS. The molecule has 0 amide bonds. The van der Waals surface area contributed by atoms with Crippen LogP contribution in [0.2, 0.25) is 5.15 Å². The molecule has 3 rings (SSSR count). The lowest BCUT2D eigenvalue weighted by Crippen LogP contribution is -2.02. The maximum Gasteiger partial charge on any atom is 0.169 e. The number of thiophene rings is 1. The van der Waals surface area contributed by atoms with E-state index >= 15 is 0 Å². The summed E-state index contributed by atoms with van der Waals surface area (Å²) in [6.07, 6.45) is 0. The number of nitrogens with zero attached hydrogens (tertiary/aromatic N) is 2. The maximum absolute atomic E-state index is 13.2. The van der Waals surface area contributed by atoms with E-state index in [4.69, 9.17) is 16.3 Å². The zero-order valence-electron chi connectivity index (χ0n) is 9.94. The molecule has 0 saturated carbocycles. The minimum atomic E-state index is -0.365. The van der Waals surface area contributed by atoms with Gasteiger partial charge in [0.05, 0.1) is 4.47 Å². The fraction of sp³-hybridized carbons (Fsp3) is 0.0769. The minimum absolute atomic E-state index is 0.121. The normalized spacial score (nSPS) is 10.9. The lowest BCUT2D eigenvalue weighted by molar-refractivity contribution is 0.293. The first kappa shape index (κ1) is 13.7. The topological polar surface area (TPSA) is 35.0 Å². The van der Waals surface area contributed by atoms with Gasteiger partial charge in [0.1, 0.15) is 28.2 Å².